The Morgan fingerprint density at radius 1 is 1.23 bits per heavy atom. The van der Waals surface area contributed by atoms with Crippen LogP contribution in [-0.4, -0.2) is 17.6 Å². The van der Waals surface area contributed by atoms with Crippen molar-refractivity contribution in [3.63, 3.8) is 0 Å². The van der Waals surface area contributed by atoms with Gasteiger partial charge in [-0.2, -0.15) is 0 Å². The molecule has 0 amide bonds. The third-order valence-corrected chi connectivity index (χ3v) is 4.71. The van der Waals surface area contributed by atoms with Gasteiger partial charge in [0, 0.05) is 27.5 Å². The molecule has 112 valence electrons. The van der Waals surface area contributed by atoms with E-state index >= 15 is 0 Å². The van der Waals surface area contributed by atoms with E-state index in [9.17, 15) is 4.79 Å². The van der Waals surface area contributed by atoms with Crippen LogP contribution in [-0.2, 0) is 11.2 Å². The van der Waals surface area contributed by atoms with E-state index in [2.05, 4.69) is 4.98 Å². The number of aryl methyl sites for hydroxylation is 1. The zero-order chi connectivity index (χ0) is 15.4. The Balaban J connectivity index is 1.56. The number of benzene rings is 1. The maximum Gasteiger partial charge on any atom is 0.348 e. The summed E-state index contributed by atoms with van der Waals surface area (Å²) in [7, 11) is 0. The van der Waals surface area contributed by atoms with Crippen LogP contribution in [0.4, 0.5) is 0 Å². The van der Waals surface area contributed by atoms with Gasteiger partial charge in [-0.25, -0.2) is 4.79 Å². The predicted molar refractivity (Wildman–Crippen MR) is 89.7 cm³/mol. The van der Waals surface area contributed by atoms with Crippen molar-refractivity contribution in [3.05, 3.63) is 64.3 Å². The highest BCUT2D eigenvalue weighted by molar-refractivity contribution is 7.20. The number of thiophene rings is 1. The molecule has 0 aliphatic heterocycles. The second-order valence-electron chi connectivity index (χ2n) is 4.86. The normalized spacial score (nSPS) is 10.8. The predicted octanol–water partition coefficient (Wildman–Crippen LogP) is 4.74. The van der Waals surface area contributed by atoms with Gasteiger partial charge in [-0.1, -0.05) is 17.7 Å². The number of hydrogen-bond donors (Lipinski definition) is 0. The molecule has 1 aromatic carbocycles. The van der Waals surface area contributed by atoms with Crippen molar-refractivity contribution in [3.8, 4) is 0 Å². The van der Waals surface area contributed by atoms with Crippen LogP contribution in [0, 0.1) is 0 Å². The maximum absolute atomic E-state index is 12.1. The topological polar surface area (TPSA) is 39.2 Å². The largest absolute Gasteiger partial charge is 0.461 e. The highest BCUT2D eigenvalue weighted by Crippen LogP contribution is 2.31. The molecule has 3 aromatic rings. The second-order valence-corrected chi connectivity index (χ2v) is 6.35. The lowest BCUT2D eigenvalue weighted by Crippen LogP contribution is -2.05. The number of pyridine rings is 1. The molecule has 0 fully saturated rings. The Labute approximate surface area is 137 Å². The first-order valence-electron chi connectivity index (χ1n) is 6.98. The molecule has 0 N–H and O–H groups in total. The van der Waals surface area contributed by atoms with Crippen LogP contribution in [0.25, 0.3) is 10.1 Å². The summed E-state index contributed by atoms with van der Waals surface area (Å²) in [5, 5.41) is 1.56. The summed E-state index contributed by atoms with van der Waals surface area (Å²) in [5.41, 5.74) is 1.19. The molecule has 0 radical (unpaired) electrons. The molecule has 0 aliphatic rings. The molecule has 2 heterocycles. The number of ether oxygens (including phenoxy) is 1. The van der Waals surface area contributed by atoms with E-state index in [1.54, 1.807) is 18.5 Å². The fourth-order valence-corrected chi connectivity index (χ4v) is 3.45. The Kier molecular flexibility index (Phi) is 4.71. The van der Waals surface area contributed by atoms with Gasteiger partial charge in [0.15, 0.2) is 0 Å². The average Bonchev–Trinajstić information content (AvgIpc) is 2.98. The molecule has 0 saturated carbocycles. The van der Waals surface area contributed by atoms with Crippen molar-refractivity contribution in [1.29, 1.82) is 0 Å². The third-order valence-electron chi connectivity index (χ3n) is 3.30. The second kappa shape index (κ2) is 6.90. The van der Waals surface area contributed by atoms with Gasteiger partial charge in [-0.15, -0.1) is 11.3 Å². The number of hydrogen-bond acceptors (Lipinski definition) is 4. The van der Waals surface area contributed by atoms with Crippen molar-refractivity contribution >= 4 is 39.0 Å². The van der Waals surface area contributed by atoms with Crippen LogP contribution in [0.1, 0.15) is 21.7 Å². The van der Waals surface area contributed by atoms with Gasteiger partial charge in [-0.05, 0) is 48.7 Å². The zero-order valence-corrected chi connectivity index (χ0v) is 13.4. The summed E-state index contributed by atoms with van der Waals surface area (Å²) in [6.07, 6.45) is 5.19. The summed E-state index contributed by atoms with van der Waals surface area (Å²) in [6.45, 7) is 0.406. The van der Waals surface area contributed by atoms with Crippen molar-refractivity contribution in [2.24, 2.45) is 0 Å². The average molecular weight is 332 g/mol. The van der Waals surface area contributed by atoms with Gasteiger partial charge in [0.05, 0.1) is 6.61 Å². The lowest BCUT2D eigenvalue weighted by Gasteiger charge is -2.03. The number of fused-ring (bicyclic) bond motifs is 1. The van der Waals surface area contributed by atoms with E-state index in [1.165, 1.54) is 16.9 Å². The van der Waals surface area contributed by atoms with Gasteiger partial charge in [0.2, 0.25) is 0 Å². The summed E-state index contributed by atoms with van der Waals surface area (Å²) in [5.74, 6) is -0.285. The highest BCUT2D eigenvalue weighted by Gasteiger charge is 2.12. The van der Waals surface area contributed by atoms with Crippen molar-refractivity contribution in [2.75, 3.05) is 6.61 Å². The highest BCUT2D eigenvalue weighted by atomic mass is 35.5. The van der Waals surface area contributed by atoms with Crippen LogP contribution >= 0.6 is 22.9 Å². The quantitative estimate of drug-likeness (QED) is 0.500. The molecule has 0 saturated heterocycles. The standard InChI is InChI=1S/C17H14ClNO2S/c18-14-4-1-5-15-13(14)11-16(22-15)17(20)21-10-2-3-12-6-8-19-9-7-12/h1,4-9,11H,2-3,10H2. The Morgan fingerprint density at radius 2 is 2.05 bits per heavy atom. The van der Waals surface area contributed by atoms with Crippen LogP contribution in [0.5, 0.6) is 0 Å². The lowest BCUT2D eigenvalue weighted by atomic mass is 10.1. The molecule has 0 bridgehead atoms. The first-order chi connectivity index (χ1) is 10.7. The molecule has 3 rings (SSSR count). The number of carbonyl (C=O) groups excluding carboxylic acids is 1. The number of nitrogens with zero attached hydrogens (tertiary/aromatic N) is 1. The number of esters is 1. The molecular weight excluding hydrogens is 318 g/mol. The number of aromatic nitrogens is 1. The summed E-state index contributed by atoms with van der Waals surface area (Å²) in [6, 6.07) is 11.4. The van der Waals surface area contributed by atoms with Crippen LogP contribution < -0.4 is 0 Å². The summed E-state index contributed by atoms with van der Waals surface area (Å²) < 4.78 is 6.33. The molecule has 0 atom stereocenters. The molecular formula is C17H14ClNO2S. The van der Waals surface area contributed by atoms with E-state index < -0.39 is 0 Å². The number of rotatable bonds is 5. The molecule has 0 spiro atoms. The SMILES string of the molecule is O=C(OCCCc1ccncc1)c1cc2c(Cl)cccc2s1. The van der Waals surface area contributed by atoms with E-state index in [-0.39, 0.29) is 5.97 Å². The Morgan fingerprint density at radius 3 is 2.82 bits per heavy atom. The monoisotopic (exact) mass is 331 g/mol. The minimum Gasteiger partial charge on any atom is -0.461 e. The Hall–Kier alpha value is -1.91. The zero-order valence-electron chi connectivity index (χ0n) is 11.8. The van der Waals surface area contributed by atoms with Crippen LogP contribution in [0.15, 0.2) is 48.8 Å². The fraction of sp³-hybridized carbons (Fsp3) is 0.176. The summed E-state index contributed by atoms with van der Waals surface area (Å²) >= 11 is 7.53. The molecule has 22 heavy (non-hydrogen) atoms. The first-order valence-corrected chi connectivity index (χ1v) is 8.17. The third kappa shape index (κ3) is 3.46. The van der Waals surface area contributed by atoms with Gasteiger partial charge in [0.25, 0.3) is 0 Å². The van der Waals surface area contributed by atoms with Crippen molar-refractivity contribution in [1.82, 2.24) is 4.98 Å². The maximum atomic E-state index is 12.1. The summed E-state index contributed by atoms with van der Waals surface area (Å²) in [4.78, 5) is 16.6. The smallest absolute Gasteiger partial charge is 0.348 e. The van der Waals surface area contributed by atoms with Gasteiger partial charge < -0.3 is 4.74 Å². The van der Waals surface area contributed by atoms with Crippen LogP contribution in [0.2, 0.25) is 5.02 Å². The van der Waals surface area contributed by atoms with Crippen molar-refractivity contribution < 1.29 is 9.53 Å². The van der Waals surface area contributed by atoms with Crippen molar-refractivity contribution in [2.45, 2.75) is 12.8 Å². The molecule has 0 aliphatic carbocycles. The lowest BCUT2D eigenvalue weighted by molar-refractivity contribution is 0.0506. The molecule has 3 nitrogen and oxygen atoms in total. The van der Waals surface area contributed by atoms with E-state index in [0.717, 1.165) is 22.9 Å². The van der Waals surface area contributed by atoms with Gasteiger partial charge >= 0.3 is 5.97 Å². The minimum atomic E-state index is -0.285. The van der Waals surface area contributed by atoms with Gasteiger partial charge in [0.1, 0.15) is 4.88 Å². The van der Waals surface area contributed by atoms with E-state index in [1.807, 2.05) is 30.3 Å². The Bertz CT molecular complexity index is 786. The molecule has 0 unspecified atom stereocenters. The minimum absolute atomic E-state index is 0.285. The first kappa shape index (κ1) is 15.0. The fourth-order valence-electron chi connectivity index (χ4n) is 2.19. The van der Waals surface area contributed by atoms with Gasteiger partial charge in [-0.3, -0.25) is 4.98 Å². The van der Waals surface area contributed by atoms with Crippen LogP contribution in [0.3, 0.4) is 0 Å². The van der Waals surface area contributed by atoms with E-state index in [4.69, 9.17) is 16.3 Å². The molecule has 2 aromatic heterocycles. The molecule has 5 heteroatoms. The number of carbonyl (C=O) groups is 1. The number of halogens is 1. The van der Waals surface area contributed by atoms with E-state index in [0.29, 0.717) is 16.5 Å².